The van der Waals surface area contributed by atoms with Gasteiger partial charge in [0, 0.05) is 25.9 Å². The van der Waals surface area contributed by atoms with E-state index in [1.807, 2.05) is 55.4 Å². The molecule has 4 aromatic rings. The molecule has 0 saturated carbocycles. The quantitative estimate of drug-likeness (QED) is 0.417. The van der Waals surface area contributed by atoms with Gasteiger partial charge in [-0.25, -0.2) is 15.0 Å². The third-order valence-corrected chi connectivity index (χ3v) is 3.98. The summed E-state index contributed by atoms with van der Waals surface area (Å²) in [6.07, 6.45) is 3.19. The van der Waals surface area contributed by atoms with E-state index in [-0.39, 0.29) is 0 Å². The van der Waals surface area contributed by atoms with Crippen LogP contribution >= 0.6 is 0 Å². The lowest BCUT2D eigenvalue weighted by Crippen LogP contribution is -2.22. The highest BCUT2D eigenvalue weighted by Crippen LogP contribution is 2.30. The lowest BCUT2D eigenvalue weighted by Gasteiger charge is -2.16. The predicted molar refractivity (Wildman–Crippen MR) is 100.0 cm³/mol. The third kappa shape index (κ3) is 2.73. The van der Waals surface area contributed by atoms with Crippen LogP contribution < -0.4 is 4.74 Å². The molecule has 0 bridgehead atoms. The molecule has 0 amide bonds. The van der Waals surface area contributed by atoms with E-state index in [1.54, 1.807) is 13.3 Å². The fourth-order valence-electron chi connectivity index (χ4n) is 2.73. The molecule has 0 saturated heterocycles. The van der Waals surface area contributed by atoms with Crippen LogP contribution in [0.2, 0.25) is 0 Å². The fourth-order valence-corrected chi connectivity index (χ4v) is 2.73. The van der Waals surface area contributed by atoms with Gasteiger partial charge >= 0.3 is 0 Å². The number of aliphatic imine (C=N–C) groups is 1. The molecule has 1 aromatic carbocycles. The standard InChI is InChI=1S/C19H17N5O2/c1-24(2)19(12-6-8-13(25-3)9-7-12)23-18-17-16(21-11-22-18)15-14(26-17)5-4-10-20-15/h4-11H,1-3H3. The van der Waals surface area contributed by atoms with Crippen LogP contribution in [0.5, 0.6) is 5.75 Å². The number of methoxy groups -OCH3 is 1. The maximum Gasteiger partial charge on any atom is 0.201 e. The third-order valence-electron chi connectivity index (χ3n) is 3.98. The summed E-state index contributed by atoms with van der Waals surface area (Å²) in [5.41, 5.74) is 3.49. The van der Waals surface area contributed by atoms with Gasteiger partial charge in [0.15, 0.2) is 11.2 Å². The van der Waals surface area contributed by atoms with Crippen molar-refractivity contribution in [2.24, 2.45) is 4.99 Å². The van der Waals surface area contributed by atoms with E-state index in [1.165, 1.54) is 6.33 Å². The molecule has 130 valence electrons. The van der Waals surface area contributed by atoms with Crippen molar-refractivity contribution in [1.82, 2.24) is 19.9 Å². The van der Waals surface area contributed by atoms with E-state index in [2.05, 4.69) is 15.0 Å². The van der Waals surface area contributed by atoms with Gasteiger partial charge in [0.2, 0.25) is 5.82 Å². The van der Waals surface area contributed by atoms with E-state index in [4.69, 9.17) is 14.1 Å². The van der Waals surface area contributed by atoms with Gasteiger partial charge < -0.3 is 14.1 Å². The van der Waals surface area contributed by atoms with E-state index in [0.717, 1.165) is 17.1 Å². The maximum atomic E-state index is 5.90. The molecule has 0 fully saturated rings. The summed E-state index contributed by atoms with van der Waals surface area (Å²) >= 11 is 0. The zero-order valence-electron chi connectivity index (χ0n) is 14.7. The smallest absolute Gasteiger partial charge is 0.201 e. The Hall–Kier alpha value is -3.48. The fraction of sp³-hybridized carbons (Fsp3) is 0.158. The Bertz CT molecular complexity index is 1100. The van der Waals surface area contributed by atoms with Gasteiger partial charge in [-0.05, 0) is 36.4 Å². The first kappa shape index (κ1) is 16.0. The number of ether oxygens (including phenoxy) is 1. The monoisotopic (exact) mass is 347 g/mol. The van der Waals surface area contributed by atoms with Gasteiger partial charge in [-0.15, -0.1) is 0 Å². The molecule has 26 heavy (non-hydrogen) atoms. The Morgan fingerprint density at radius 1 is 1.04 bits per heavy atom. The van der Waals surface area contributed by atoms with Crippen molar-refractivity contribution in [3.05, 3.63) is 54.5 Å². The van der Waals surface area contributed by atoms with Crippen LogP contribution in [0, 0.1) is 0 Å². The second-order valence-electron chi connectivity index (χ2n) is 5.89. The minimum absolute atomic E-state index is 0.465. The van der Waals surface area contributed by atoms with Crippen molar-refractivity contribution in [3.63, 3.8) is 0 Å². The number of nitrogens with zero attached hydrogens (tertiary/aromatic N) is 5. The van der Waals surface area contributed by atoms with E-state index < -0.39 is 0 Å². The highest BCUT2D eigenvalue weighted by Gasteiger charge is 2.15. The Balaban J connectivity index is 1.88. The number of hydrogen-bond acceptors (Lipinski definition) is 6. The van der Waals surface area contributed by atoms with E-state index in [9.17, 15) is 0 Å². The topological polar surface area (TPSA) is 76.6 Å². The molecule has 4 rings (SSSR count). The number of amidine groups is 1. The average Bonchev–Trinajstić information content (AvgIpc) is 3.05. The molecule has 0 aliphatic heterocycles. The Labute approximate surface area is 150 Å². The van der Waals surface area contributed by atoms with Gasteiger partial charge in [0.25, 0.3) is 0 Å². The van der Waals surface area contributed by atoms with E-state index in [0.29, 0.717) is 28.0 Å². The van der Waals surface area contributed by atoms with Crippen LogP contribution in [0.3, 0.4) is 0 Å². The minimum atomic E-state index is 0.465. The molecule has 7 nitrogen and oxygen atoms in total. The van der Waals surface area contributed by atoms with Crippen LogP contribution in [0.15, 0.2) is 58.3 Å². The summed E-state index contributed by atoms with van der Waals surface area (Å²) < 4.78 is 11.1. The molecule has 0 radical (unpaired) electrons. The second kappa shape index (κ2) is 6.44. The van der Waals surface area contributed by atoms with Crippen LogP contribution in [0.25, 0.3) is 22.2 Å². The first-order valence-electron chi connectivity index (χ1n) is 8.06. The Morgan fingerprint density at radius 2 is 1.85 bits per heavy atom. The number of rotatable bonds is 3. The molecular formula is C19H17N5O2. The van der Waals surface area contributed by atoms with Gasteiger partial charge in [-0.3, -0.25) is 4.98 Å². The molecule has 0 unspecified atom stereocenters. The van der Waals surface area contributed by atoms with Crippen LogP contribution in [0.4, 0.5) is 5.82 Å². The number of pyridine rings is 1. The number of furan rings is 1. The van der Waals surface area contributed by atoms with Crippen LogP contribution in [0.1, 0.15) is 5.56 Å². The molecule has 7 heteroatoms. The SMILES string of the molecule is COc1ccc(C(=Nc2ncnc3c2oc2cccnc23)N(C)C)cc1. The maximum absolute atomic E-state index is 5.90. The summed E-state index contributed by atoms with van der Waals surface area (Å²) in [4.78, 5) is 19.6. The lowest BCUT2D eigenvalue weighted by atomic mass is 10.2. The van der Waals surface area contributed by atoms with Crippen molar-refractivity contribution in [2.45, 2.75) is 0 Å². The van der Waals surface area contributed by atoms with Gasteiger partial charge in [-0.1, -0.05) is 0 Å². The van der Waals surface area contributed by atoms with Gasteiger partial charge in [-0.2, -0.15) is 0 Å². The number of fused-ring (bicyclic) bond motifs is 3. The zero-order valence-corrected chi connectivity index (χ0v) is 14.7. The first-order valence-corrected chi connectivity index (χ1v) is 8.06. The molecule has 0 atom stereocenters. The molecule has 0 aliphatic rings. The summed E-state index contributed by atoms with van der Waals surface area (Å²) in [6, 6.07) is 11.4. The molecule has 0 aliphatic carbocycles. The van der Waals surface area contributed by atoms with Crippen molar-refractivity contribution in [1.29, 1.82) is 0 Å². The van der Waals surface area contributed by atoms with Gasteiger partial charge in [0.05, 0.1) is 7.11 Å². The highest BCUT2D eigenvalue weighted by molar-refractivity contribution is 6.05. The zero-order chi connectivity index (χ0) is 18.1. The van der Waals surface area contributed by atoms with Crippen molar-refractivity contribution in [2.75, 3.05) is 21.2 Å². The minimum Gasteiger partial charge on any atom is -0.497 e. The van der Waals surface area contributed by atoms with Crippen LogP contribution in [-0.4, -0.2) is 46.9 Å². The number of benzene rings is 1. The molecule has 0 spiro atoms. The van der Waals surface area contributed by atoms with Crippen molar-refractivity contribution < 1.29 is 9.15 Å². The summed E-state index contributed by atoms with van der Waals surface area (Å²) in [5.74, 6) is 2.01. The predicted octanol–water partition coefficient (Wildman–Crippen LogP) is 3.42. The molecular weight excluding hydrogens is 330 g/mol. The number of hydrogen-bond donors (Lipinski definition) is 0. The summed E-state index contributed by atoms with van der Waals surface area (Å²) in [5, 5.41) is 0. The normalized spacial score (nSPS) is 11.9. The Kier molecular flexibility index (Phi) is 3.96. The molecule has 3 heterocycles. The second-order valence-corrected chi connectivity index (χ2v) is 5.89. The van der Waals surface area contributed by atoms with Crippen molar-refractivity contribution >= 4 is 33.9 Å². The van der Waals surface area contributed by atoms with Crippen LogP contribution in [-0.2, 0) is 0 Å². The summed E-state index contributed by atoms with van der Waals surface area (Å²) in [6.45, 7) is 0. The first-order chi connectivity index (χ1) is 12.7. The average molecular weight is 347 g/mol. The largest absolute Gasteiger partial charge is 0.497 e. The highest BCUT2D eigenvalue weighted by atomic mass is 16.5. The van der Waals surface area contributed by atoms with E-state index >= 15 is 0 Å². The molecule has 3 aromatic heterocycles. The lowest BCUT2D eigenvalue weighted by molar-refractivity contribution is 0.414. The Morgan fingerprint density at radius 3 is 2.58 bits per heavy atom. The summed E-state index contributed by atoms with van der Waals surface area (Å²) in [7, 11) is 5.51. The van der Waals surface area contributed by atoms with Crippen molar-refractivity contribution in [3.8, 4) is 5.75 Å². The van der Waals surface area contributed by atoms with Gasteiger partial charge in [0.1, 0.15) is 28.9 Å². The number of aromatic nitrogens is 3. The molecule has 0 N–H and O–H groups in total.